The Balaban J connectivity index is 1.46. The predicted molar refractivity (Wildman–Crippen MR) is 115 cm³/mol. The molecule has 0 aliphatic carbocycles. The van der Waals surface area contributed by atoms with Crippen molar-refractivity contribution in [3.8, 4) is 11.5 Å². The minimum atomic E-state index is 0.0792. The van der Waals surface area contributed by atoms with E-state index in [1.54, 1.807) is 7.11 Å². The zero-order chi connectivity index (χ0) is 20.5. The van der Waals surface area contributed by atoms with Crippen LogP contribution >= 0.6 is 0 Å². The number of ether oxygens (including phenoxy) is 2. The number of amides is 1. The summed E-state index contributed by atoms with van der Waals surface area (Å²) in [7, 11) is 1.68. The van der Waals surface area contributed by atoms with Crippen LogP contribution in [-0.4, -0.2) is 44.2 Å². The summed E-state index contributed by atoms with van der Waals surface area (Å²) in [6, 6.07) is 16.4. The Bertz CT molecular complexity index is 770. The zero-order valence-corrected chi connectivity index (χ0v) is 17.5. The summed E-state index contributed by atoms with van der Waals surface area (Å²) in [5, 5.41) is 3.13. The zero-order valence-electron chi connectivity index (χ0n) is 17.5. The SMILES string of the molecule is COc1ccc(C(CNC(=O)CCCOc2cccc(C)c2)N2CCCC2)cc1. The van der Waals surface area contributed by atoms with Gasteiger partial charge in [0, 0.05) is 13.0 Å². The summed E-state index contributed by atoms with van der Waals surface area (Å²) in [6.07, 6.45) is 3.62. The molecule has 1 amide bonds. The van der Waals surface area contributed by atoms with Gasteiger partial charge in [-0.1, -0.05) is 24.3 Å². The molecule has 156 valence electrons. The van der Waals surface area contributed by atoms with E-state index in [2.05, 4.69) is 22.3 Å². The molecule has 3 rings (SSSR count). The first-order chi connectivity index (χ1) is 14.2. The Hall–Kier alpha value is -2.53. The van der Waals surface area contributed by atoms with Gasteiger partial charge in [0.05, 0.1) is 19.8 Å². The third kappa shape index (κ3) is 6.50. The summed E-state index contributed by atoms with van der Waals surface area (Å²) in [5.74, 6) is 1.79. The number of hydrogen-bond donors (Lipinski definition) is 1. The molecule has 5 nitrogen and oxygen atoms in total. The van der Waals surface area contributed by atoms with Gasteiger partial charge in [0.15, 0.2) is 0 Å². The van der Waals surface area contributed by atoms with Gasteiger partial charge in [0.25, 0.3) is 0 Å². The first-order valence-electron chi connectivity index (χ1n) is 10.5. The standard InChI is InChI=1S/C24H32N2O3/c1-19-7-5-8-22(17-19)29-16-6-9-24(27)25-18-23(26-14-3-4-15-26)20-10-12-21(28-2)13-11-20/h5,7-8,10-13,17,23H,3-4,6,9,14-16,18H2,1-2H3,(H,25,27). The quantitative estimate of drug-likeness (QED) is 0.614. The van der Waals surface area contributed by atoms with Crippen LogP contribution in [0.4, 0.5) is 0 Å². The number of benzene rings is 2. The predicted octanol–water partition coefficient (Wildman–Crippen LogP) is 4.12. The van der Waals surface area contributed by atoms with Crippen LogP contribution in [0, 0.1) is 6.92 Å². The van der Waals surface area contributed by atoms with E-state index in [1.165, 1.54) is 24.0 Å². The fraction of sp³-hybridized carbons (Fsp3) is 0.458. The van der Waals surface area contributed by atoms with Gasteiger partial charge in [0.2, 0.25) is 5.91 Å². The number of hydrogen-bond acceptors (Lipinski definition) is 4. The first-order valence-corrected chi connectivity index (χ1v) is 10.5. The molecule has 1 N–H and O–H groups in total. The molecule has 2 aromatic carbocycles. The third-order valence-electron chi connectivity index (χ3n) is 5.38. The fourth-order valence-electron chi connectivity index (χ4n) is 3.76. The van der Waals surface area contributed by atoms with Gasteiger partial charge in [0.1, 0.15) is 11.5 Å². The second-order valence-corrected chi connectivity index (χ2v) is 7.60. The van der Waals surface area contributed by atoms with Crippen LogP contribution in [0.1, 0.15) is 42.9 Å². The summed E-state index contributed by atoms with van der Waals surface area (Å²) in [4.78, 5) is 14.8. The van der Waals surface area contributed by atoms with Crippen LogP contribution in [0.2, 0.25) is 0 Å². The van der Waals surface area contributed by atoms with Crippen molar-refractivity contribution in [2.45, 2.75) is 38.6 Å². The molecule has 0 spiro atoms. The lowest BCUT2D eigenvalue weighted by molar-refractivity contribution is -0.121. The molecule has 1 atom stereocenters. The van der Waals surface area contributed by atoms with E-state index in [-0.39, 0.29) is 11.9 Å². The van der Waals surface area contributed by atoms with Crippen molar-refractivity contribution < 1.29 is 14.3 Å². The third-order valence-corrected chi connectivity index (χ3v) is 5.38. The summed E-state index contributed by atoms with van der Waals surface area (Å²) in [5.41, 5.74) is 2.39. The average Bonchev–Trinajstić information content (AvgIpc) is 3.26. The van der Waals surface area contributed by atoms with Crippen molar-refractivity contribution in [1.29, 1.82) is 0 Å². The normalized spacial score (nSPS) is 15.1. The second-order valence-electron chi connectivity index (χ2n) is 7.60. The lowest BCUT2D eigenvalue weighted by Gasteiger charge is -2.28. The molecule has 0 saturated carbocycles. The number of nitrogens with one attached hydrogen (secondary N) is 1. The second kappa shape index (κ2) is 10.9. The molecule has 1 fully saturated rings. The number of likely N-dealkylation sites (tertiary alicyclic amines) is 1. The Labute approximate surface area is 174 Å². The smallest absolute Gasteiger partial charge is 0.220 e. The lowest BCUT2D eigenvalue weighted by Crippen LogP contribution is -2.36. The number of methoxy groups -OCH3 is 1. The maximum absolute atomic E-state index is 12.4. The Morgan fingerprint density at radius 1 is 1.10 bits per heavy atom. The highest BCUT2D eigenvalue weighted by molar-refractivity contribution is 5.75. The molecule has 1 aliphatic rings. The number of carbonyl (C=O) groups excluding carboxylic acids is 1. The number of aryl methyl sites for hydroxylation is 1. The Morgan fingerprint density at radius 3 is 2.55 bits per heavy atom. The topological polar surface area (TPSA) is 50.8 Å². The molecular formula is C24H32N2O3. The maximum Gasteiger partial charge on any atom is 0.220 e. The highest BCUT2D eigenvalue weighted by Gasteiger charge is 2.24. The minimum Gasteiger partial charge on any atom is -0.497 e. The van der Waals surface area contributed by atoms with Crippen molar-refractivity contribution in [2.24, 2.45) is 0 Å². The van der Waals surface area contributed by atoms with E-state index in [9.17, 15) is 4.79 Å². The molecule has 1 unspecified atom stereocenters. The van der Waals surface area contributed by atoms with Crippen LogP contribution in [0.3, 0.4) is 0 Å². The van der Waals surface area contributed by atoms with Crippen molar-refractivity contribution in [1.82, 2.24) is 10.2 Å². The molecule has 0 radical (unpaired) electrons. The van der Waals surface area contributed by atoms with Gasteiger partial charge in [-0.25, -0.2) is 0 Å². The van der Waals surface area contributed by atoms with Gasteiger partial charge in [-0.3, -0.25) is 9.69 Å². The van der Waals surface area contributed by atoms with E-state index in [0.29, 0.717) is 26.0 Å². The van der Waals surface area contributed by atoms with Gasteiger partial charge in [-0.15, -0.1) is 0 Å². The van der Waals surface area contributed by atoms with Crippen LogP contribution in [-0.2, 0) is 4.79 Å². The van der Waals surface area contributed by atoms with E-state index in [0.717, 1.165) is 24.6 Å². The van der Waals surface area contributed by atoms with Crippen LogP contribution in [0.25, 0.3) is 0 Å². The van der Waals surface area contributed by atoms with Gasteiger partial charge < -0.3 is 14.8 Å². The Morgan fingerprint density at radius 2 is 1.86 bits per heavy atom. The van der Waals surface area contributed by atoms with Crippen LogP contribution in [0.5, 0.6) is 11.5 Å². The van der Waals surface area contributed by atoms with Crippen molar-refractivity contribution in [2.75, 3.05) is 33.4 Å². The number of carbonyl (C=O) groups is 1. The number of nitrogens with zero attached hydrogens (tertiary/aromatic N) is 1. The van der Waals surface area contributed by atoms with Gasteiger partial charge in [-0.05, 0) is 74.7 Å². The maximum atomic E-state index is 12.4. The first kappa shape index (κ1) is 21.2. The van der Waals surface area contributed by atoms with E-state index < -0.39 is 0 Å². The summed E-state index contributed by atoms with van der Waals surface area (Å²) in [6.45, 7) is 5.38. The fourth-order valence-corrected chi connectivity index (χ4v) is 3.76. The molecule has 29 heavy (non-hydrogen) atoms. The van der Waals surface area contributed by atoms with Crippen LogP contribution in [0.15, 0.2) is 48.5 Å². The molecule has 5 heteroatoms. The van der Waals surface area contributed by atoms with Gasteiger partial charge >= 0.3 is 0 Å². The lowest BCUT2D eigenvalue weighted by atomic mass is 10.1. The minimum absolute atomic E-state index is 0.0792. The molecular weight excluding hydrogens is 364 g/mol. The Kier molecular flexibility index (Phi) is 7.94. The molecule has 0 aromatic heterocycles. The van der Waals surface area contributed by atoms with Crippen molar-refractivity contribution in [3.05, 3.63) is 59.7 Å². The van der Waals surface area contributed by atoms with Gasteiger partial charge in [-0.2, -0.15) is 0 Å². The van der Waals surface area contributed by atoms with E-state index in [4.69, 9.17) is 9.47 Å². The largest absolute Gasteiger partial charge is 0.497 e. The average molecular weight is 397 g/mol. The highest BCUT2D eigenvalue weighted by Crippen LogP contribution is 2.26. The van der Waals surface area contributed by atoms with Crippen molar-refractivity contribution >= 4 is 5.91 Å². The van der Waals surface area contributed by atoms with Crippen molar-refractivity contribution in [3.63, 3.8) is 0 Å². The summed E-state index contributed by atoms with van der Waals surface area (Å²) < 4.78 is 11.0. The van der Waals surface area contributed by atoms with Crippen LogP contribution < -0.4 is 14.8 Å². The monoisotopic (exact) mass is 396 g/mol. The highest BCUT2D eigenvalue weighted by atomic mass is 16.5. The molecule has 0 bridgehead atoms. The van der Waals surface area contributed by atoms with E-state index in [1.807, 2.05) is 43.3 Å². The molecule has 1 heterocycles. The molecule has 2 aromatic rings. The number of rotatable bonds is 10. The molecule has 1 saturated heterocycles. The molecule has 1 aliphatic heterocycles. The summed E-state index contributed by atoms with van der Waals surface area (Å²) >= 11 is 0. The van der Waals surface area contributed by atoms with E-state index >= 15 is 0 Å².